The van der Waals surface area contributed by atoms with E-state index in [1.807, 2.05) is 30.3 Å². The molecule has 0 bridgehead atoms. The highest BCUT2D eigenvalue weighted by Gasteiger charge is 2.32. The van der Waals surface area contributed by atoms with Crippen LogP contribution in [0.3, 0.4) is 0 Å². The molecule has 6 nitrogen and oxygen atoms in total. The van der Waals surface area contributed by atoms with Crippen LogP contribution >= 0.6 is 0 Å². The summed E-state index contributed by atoms with van der Waals surface area (Å²) < 4.78 is 0. The third kappa shape index (κ3) is 4.06. The molecular formula is C18H25N3O3. The molecule has 2 heterocycles. The lowest BCUT2D eigenvalue weighted by Gasteiger charge is -2.32. The van der Waals surface area contributed by atoms with Gasteiger partial charge in [-0.05, 0) is 24.3 Å². The van der Waals surface area contributed by atoms with Crippen molar-refractivity contribution < 1.29 is 14.7 Å². The van der Waals surface area contributed by atoms with Gasteiger partial charge in [-0.25, -0.2) is 4.79 Å². The number of hydrogen-bond donors (Lipinski definition) is 2. The molecule has 3 rings (SSSR count). The van der Waals surface area contributed by atoms with Crippen molar-refractivity contribution in [3.05, 3.63) is 35.9 Å². The first-order chi connectivity index (χ1) is 11.7. The van der Waals surface area contributed by atoms with Crippen LogP contribution in [0.4, 0.5) is 4.79 Å². The molecule has 2 saturated heterocycles. The maximum Gasteiger partial charge on any atom is 0.317 e. The number of benzene rings is 1. The zero-order chi connectivity index (χ0) is 16.9. The molecule has 2 aliphatic rings. The Morgan fingerprint density at radius 2 is 2.04 bits per heavy atom. The Balaban J connectivity index is 1.51. The topological polar surface area (TPSA) is 72.9 Å². The number of likely N-dealkylation sites (tertiary alicyclic amines) is 2. The van der Waals surface area contributed by atoms with Gasteiger partial charge in [-0.1, -0.05) is 30.3 Å². The van der Waals surface area contributed by atoms with Crippen molar-refractivity contribution in [2.75, 3.05) is 26.2 Å². The second-order valence-electron chi connectivity index (χ2n) is 6.75. The maximum absolute atomic E-state index is 12.4. The van der Waals surface area contributed by atoms with Crippen LogP contribution in [0.2, 0.25) is 0 Å². The lowest BCUT2D eigenvalue weighted by atomic mass is 9.99. The number of hydrogen-bond acceptors (Lipinski definition) is 3. The maximum atomic E-state index is 12.4. The summed E-state index contributed by atoms with van der Waals surface area (Å²) in [4.78, 5) is 28.1. The monoisotopic (exact) mass is 331 g/mol. The fourth-order valence-corrected chi connectivity index (χ4v) is 3.49. The van der Waals surface area contributed by atoms with E-state index < -0.39 is 0 Å². The lowest BCUT2D eigenvalue weighted by molar-refractivity contribution is -0.128. The normalized spacial score (nSPS) is 24.3. The molecule has 2 N–H and O–H groups in total. The predicted octanol–water partition coefficient (Wildman–Crippen LogP) is 1.20. The zero-order valence-electron chi connectivity index (χ0n) is 13.9. The number of aliphatic hydroxyl groups is 1. The molecule has 0 saturated carbocycles. The van der Waals surface area contributed by atoms with E-state index in [1.165, 1.54) is 0 Å². The molecule has 2 aliphatic heterocycles. The van der Waals surface area contributed by atoms with Crippen LogP contribution in [0.25, 0.3) is 0 Å². The van der Waals surface area contributed by atoms with Gasteiger partial charge in [0.05, 0.1) is 6.04 Å². The zero-order valence-corrected chi connectivity index (χ0v) is 13.9. The molecule has 1 aromatic rings. The molecule has 6 heteroatoms. The Morgan fingerprint density at radius 1 is 1.25 bits per heavy atom. The van der Waals surface area contributed by atoms with E-state index >= 15 is 0 Å². The van der Waals surface area contributed by atoms with Crippen LogP contribution in [0.1, 0.15) is 24.8 Å². The smallest absolute Gasteiger partial charge is 0.317 e. The number of nitrogens with one attached hydrogen (secondary N) is 1. The van der Waals surface area contributed by atoms with Gasteiger partial charge in [-0.3, -0.25) is 4.79 Å². The third-order valence-corrected chi connectivity index (χ3v) is 4.82. The number of amides is 3. The van der Waals surface area contributed by atoms with E-state index in [0.29, 0.717) is 26.1 Å². The minimum absolute atomic E-state index is 0.0797. The van der Waals surface area contributed by atoms with Crippen molar-refractivity contribution in [3.8, 4) is 0 Å². The lowest BCUT2D eigenvalue weighted by Crippen LogP contribution is -2.49. The average Bonchev–Trinajstić information content (AvgIpc) is 2.95. The highest BCUT2D eigenvalue weighted by atomic mass is 16.3. The van der Waals surface area contributed by atoms with Crippen LogP contribution in [0.5, 0.6) is 0 Å². The molecule has 2 atom stereocenters. The second-order valence-corrected chi connectivity index (χ2v) is 6.75. The number of piperidine rings is 1. The first-order valence-electron chi connectivity index (χ1n) is 8.63. The highest BCUT2D eigenvalue weighted by molar-refractivity contribution is 5.81. The Labute approximate surface area is 142 Å². The molecule has 3 amide bonds. The fourth-order valence-electron chi connectivity index (χ4n) is 3.49. The van der Waals surface area contributed by atoms with Crippen molar-refractivity contribution in [3.63, 3.8) is 0 Å². The Bertz CT molecular complexity index is 578. The summed E-state index contributed by atoms with van der Waals surface area (Å²) in [6.07, 6.45) is 2.24. The molecule has 24 heavy (non-hydrogen) atoms. The van der Waals surface area contributed by atoms with E-state index in [0.717, 1.165) is 24.9 Å². The SMILES string of the molecule is O=C1C[C@@H](NC(=O)N2CCC[C@@H](CO)C2)CN1Cc1ccccc1. The number of nitrogens with zero attached hydrogens (tertiary/aromatic N) is 2. The van der Waals surface area contributed by atoms with Gasteiger partial charge in [0, 0.05) is 39.2 Å². The average molecular weight is 331 g/mol. The Kier molecular flexibility index (Phi) is 5.35. The van der Waals surface area contributed by atoms with Crippen LogP contribution in [0, 0.1) is 5.92 Å². The number of rotatable bonds is 4. The number of carbonyl (C=O) groups excluding carboxylic acids is 2. The summed E-state index contributed by atoms with van der Waals surface area (Å²) >= 11 is 0. The van der Waals surface area contributed by atoms with E-state index in [2.05, 4.69) is 5.32 Å². The third-order valence-electron chi connectivity index (χ3n) is 4.82. The quantitative estimate of drug-likeness (QED) is 0.871. The molecule has 0 unspecified atom stereocenters. The van der Waals surface area contributed by atoms with Crippen molar-refractivity contribution in [2.45, 2.75) is 31.8 Å². The van der Waals surface area contributed by atoms with Gasteiger partial charge in [0.2, 0.25) is 5.91 Å². The van der Waals surface area contributed by atoms with E-state index in [4.69, 9.17) is 0 Å². The second kappa shape index (κ2) is 7.66. The minimum atomic E-state index is -0.136. The molecule has 1 aromatic carbocycles. The van der Waals surface area contributed by atoms with Gasteiger partial charge in [-0.2, -0.15) is 0 Å². The highest BCUT2D eigenvalue weighted by Crippen LogP contribution is 2.18. The predicted molar refractivity (Wildman–Crippen MR) is 90.2 cm³/mol. The first kappa shape index (κ1) is 16.8. The van der Waals surface area contributed by atoms with Gasteiger partial charge in [0.1, 0.15) is 0 Å². The standard InChI is InChI=1S/C18H25N3O3/c22-13-15-7-4-8-20(11-15)18(24)19-16-9-17(23)21(12-16)10-14-5-2-1-3-6-14/h1-3,5-6,15-16,22H,4,7-13H2,(H,19,24)/t15-,16-/m1/s1. The molecular weight excluding hydrogens is 306 g/mol. The molecule has 0 aromatic heterocycles. The van der Waals surface area contributed by atoms with Crippen LogP contribution in [-0.2, 0) is 11.3 Å². The van der Waals surface area contributed by atoms with Gasteiger partial charge in [0.25, 0.3) is 0 Å². The van der Waals surface area contributed by atoms with E-state index in [-0.39, 0.29) is 30.5 Å². The summed E-state index contributed by atoms with van der Waals surface area (Å²) in [6, 6.07) is 9.63. The van der Waals surface area contributed by atoms with Crippen LogP contribution in [-0.4, -0.2) is 59.1 Å². The molecule has 130 valence electrons. The van der Waals surface area contributed by atoms with E-state index in [9.17, 15) is 14.7 Å². The van der Waals surface area contributed by atoms with Crippen LogP contribution < -0.4 is 5.32 Å². The number of carbonyl (C=O) groups is 2. The van der Waals surface area contributed by atoms with Crippen molar-refractivity contribution in [1.82, 2.24) is 15.1 Å². The summed E-state index contributed by atoms with van der Waals surface area (Å²) in [7, 11) is 0. The summed E-state index contributed by atoms with van der Waals surface area (Å²) in [5.41, 5.74) is 1.10. The summed E-state index contributed by atoms with van der Waals surface area (Å²) in [6.45, 7) is 2.57. The van der Waals surface area contributed by atoms with Gasteiger partial charge in [-0.15, -0.1) is 0 Å². The summed E-state index contributed by atoms with van der Waals surface area (Å²) in [5.74, 6) is 0.250. The fraction of sp³-hybridized carbons (Fsp3) is 0.556. The molecule has 0 aliphatic carbocycles. The van der Waals surface area contributed by atoms with Crippen molar-refractivity contribution >= 4 is 11.9 Å². The molecule has 2 fully saturated rings. The number of aliphatic hydroxyl groups excluding tert-OH is 1. The summed E-state index contributed by atoms with van der Waals surface area (Å²) in [5, 5.41) is 12.3. The largest absolute Gasteiger partial charge is 0.396 e. The molecule has 0 radical (unpaired) electrons. The minimum Gasteiger partial charge on any atom is -0.396 e. The molecule has 0 spiro atoms. The first-order valence-corrected chi connectivity index (χ1v) is 8.63. The van der Waals surface area contributed by atoms with Gasteiger partial charge < -0.3 is 20.2 Å². The van der Waals surface area contributed by atoms with Gasteiger partial charge in [0.15, 0.2) is 0 Å². The number of urea groups is 1. The van der Waals surface area contributed by atoms with E-state index in [1.54, 1.807) is 9.80 Å². The Hall–Kier alpha value is -2.08. The van der Waals surface area contributed by atoms with Gasteiger partial charge >= 0.3 is 6.03 Å². The Morgan fingerprint density at radius 3 is 2.79 bits per heavy atom. The van der Waals surface area contributed by atoms with Crippen LogP contribution in [0.15, 0.2) is 30.3 Å². The van der Waals surface area contributed by atoms with Crippen molar-refractivity contribution in [2.24, 2.45) is 5.92 Å². The van der Waals surface area contributed by atoms with Crippen molar-refractivity contribution in [1.29, 1.82) is 0 Å².